The molecule has 0 radical (unpaired) electrons. The lowest BCUT2D eigenvalue weighted by Crippen LogP contribution is -2.39. The fourth-order valence-electron chi connectivity index (χ4n) is 3.44. The summed E-state index contributed by atoms with van der Waals surface area (Å²) in [7, 11) is 1.47. The van der Waals surface area contributed by atoms with Crippen LogP contribution < -0.4 is 4.74 Å². The number of piperidine rings is 1. The quantitative estimate of drug-likeness (QED) is 0.885. The lowest BCUT2D eigenvalue weighted by Gasteiger charge is -2.31. The summed E-state index contributed by atoms with van der Waals surface area (Å²) in [6, 6.07) is 4.71. The Morgan fingerprint density at radius 1 is 1.31 bits per heavy atom. The summed E-state index contributed by atoms with van der Waals surface area (Å²) in [6.45, 7) is 1.42. The fraction of sp³-hybridized carbons (Fsp3) is 0.526. The van der Waals surface area contributed by atoms with Gasteiger partial charge in [-0.15, -0.1) is 0 Å². The third kappa shape index (κ3) is 3.52. The van der Waals surface area contributed by atoms with Crippen LogP contribution in [0.4, 0.5) is 0 Å². The molecule has 1 saturated heterocycles. The van der Waals surface area contributed by atoms with Gasteiger partial charge in [0.15, 0.2) is 17.3 Å². The number of rotatable bonds is 5. The minimum absolute atomic E-state index is 0.0302. The van der Waals surface area contributed by atoms with E-state index in [0.717, 1.165) is 43.8 Å². The second kappa shape index (κ2) is 6.97. The van der Waals surface area contributed by atoms with Crippen molar-refractivity contribution in [2.45, 2.75) is 38.0 Å². The van der Waals surface area contributed by atoms with Gasteiger partial charge in [0.05, 0.1) is 7.11 Å². The Kier molecular flexibility index (Phi) is 4.53. The van der Waals surface area contributed by atoms with E-state index in [9.17, 15) is 9.90 Å². The molecular formula is C19H23N3O4. The molecule has 2 heterocycles. The summed E-state index contributed by atoms with van der Waals surface area (Å²) in [4.78, 5) is 19.0. The van der Waals surface area contributed by atoms with Gasteiger partial charge in [0, 0.05) is 31.0 Å². The molecule has 1 amide bonds. The number of aromatic hydroxyl groups is 1. The standard InChI is InChI=1S/C19H23N3O4/c1-25-16-11-14(4-5-15(16)23)19(24)22-8-6-12(7-9-22)10-17-20-18(26-21-17)13-2-3-13/h4-5,11-13,23H,2-3,6-10H2,1H3. The molecular weight excluding hydrogens is 334 g/mol. The maximum absolute atomic E-state index is 12.7. The van der Waals surface area contributed by atoms with Gasteiger partial charge in [-0.05, 0) is 49.8 Å². The highest BCUT2D eigenvalue weighted by Gasteiger charge is 2.30. The van der Waals surface area contributed by atoms with E-state index in [1.165, 1.54) is 13.2 Å². The first kappa shape index (κ1) is 16.9. The fourth-order valence-corrected chi connectivity index (χ4v) is 3.44. The van der Waals surface area contributed by atoms with Crippen molar-refractivity contribution in [3.63, 3.8) is 0 Å². The Hall–Kier alpha value is -2.57. The van der Waals surface area contributed by atoms with Gasteiger partial charge in [-0.1, -0.05) is 5.16 Å². The van der Waals surface area contributed by atoms with E-state index in [1.807, 2.05) is 4.90 Å². The smallest absolute Gasteiger partial charge is 0.253 e. The number of likely N-dealkylation sites (tertiary alicyclic amines) is 1. The molecule has 0 unspecified atom stereocenters. The van der Waals surface area contributed by atoms with Crippen LogP contribution in [0.25, 0.3) is 0 Å². The number of carbonyl (C=O) groups excluding carboxylic acids is 1. The molecule has 1 aliphatic heterocycles. The van der Waals surface area contributed by atoms with Gasteiger partial charge in [0.25, 0.3) is 5.91 Å². The monoisotopic (exact) mass is 357 g/mol. The molecule has 26 heavy (non-hydrogen) atoms. The van der Waals surface area contributed by atoms with Gasteiger partial charge in [-0.3, -0.25) is 4.79 Å². The zero-order valence-electron chi connectivity index (χ0n) is 14.9. The van der Waals surface area contributed by atoms with E-state index in [1.54, 1.807) is 12.1 Å². The van der Waals surface area contributed by atoms with Gasteiger partial charge in [0.1, 0.15) is 0 Å². The Labute approximate surface area is 152 Å². The second-order valence-electron chi connectivity index (χ2n) is 7.15. The molecule has 0 bridgehead atoms. The van der Waals surface area contributed by atoms with Crippen LogP contribution in [0.3, 0.4) is 0 Å². The van der Waals surface area contributed by atoms with Crippen molar-refractivity contribution in [2.75, 3.05) is 20.2 Å². The van der Waals surface area contributed by atoms with E-state index in [-0.39, 0.29) is 11.7 Å². The van der Waals surface area contributed by atoms with Gasteiger partial charge in [-0.25, -0.2) is 0 Å². The average Bonchev–Trinajstić information content (AvgIpc) is 3.42. The van der Waals surface area contributed by atoms with Crippen LogP contribution in [0, 0.1) is 5.92 Å². The van der Waals surface area contributed by atoms with Crippen molar-refractivity contribution in [2.24, 2.45) is 5.92 Å². The maximum atomic E-state index is 12.7. The number of ether oxygens (including phenoxy) is 1. The molecule has 0 spiro atoms. The SMILES string of the molecule is COc1cc(C(=O)N2CCC(Cc3noc(C4CC4)n3)CC2)ccc1O. The highest BCUT2D eigenvalue weighted by molar-refractivity contribution is 5.95. The van der Waals surface area contributed by atoms with E-state index >= 15 is 0 Å². The second-order valence-corrected chi connectivity index (χ2v) is 7.15. The van der Waals surface area contributed by atoms with E-state index < -0.39 is 0 Å². The topological polar surface area (TPSA) is 88.7 Å². The van der Waals surface area contributed by atoms with E-state index in [0.29, 0.717) is 36.2 Å². The Bertz CT molecular complexity index is 792. The number of phenols is 1. The van der Waals surface area contributed by atoms with Crippen LogP contribution in [0.2, 0.25) is 0 Å². The number of methoxy groups -OCH3 is 1. The molecule has 0 atom stereocenters. The number of phenolic OH excluding ortho intramolecular Hbond substituents is 1. The molecule has 138 valence electrons. The normalized spacial score (nSPS) is 18.1. The lowest BCUT2D eigenvalue weighted by molar-refractivity contribution is 0.0689. The molecule has 2 aliphatic rings. The molecule has 1 saturated carbocycles. The van der Waals surface area contributed by atoms with Crippen molar-refractivity contribution in [1.29, 1.82) is 0 Å². The highest BCUT2D eigenvalue weighted by Crippen LogP contribution is 2.39. The number of aromatic nitrogens is 2. The minimum atomic E-state index is -0.0302. The predicted molar refractivity (Wildman–Crippen MR) is 93.3 cm³/mol. The number of nitrogens with zero attached hydrogens (tertiary/aromatic N) is 3. The van der Waals surface area contributed by atoms with Gasteiger partial charge in [-0.2, -0.15) is 4.98 Å². The number of hydrogen-bond acceptors (Lipinski definition) is 6. The van der Waals surface area contributed by atoms with Crippen molar-refractivity contribution in [1.82, 2.24) is 15.0 Å². The zero-order valence-corrected chi connectivity index (χ0v) is 14.9. The van der Waals surface area contributed by atoms with Gasteiger partial charge < -0.3 is 19.3 Å². The number of hydrogen-bond donors (Lipinski definition) is 1. The first-order valence-corrected chi connectivity index (χ1v) is 9.13. The molecule has 2 aromatic rings. The molecule has 2 fully saturated rings. The third-order valence-electron chi connectivity index (χ3n) is 5.21. The first-order valence-electron chi connectivity index (χ1n) is 9.13. The van der Waals surface area contributed by atoms with Gasteiger partial charge in [0.2, 0.25) is 5.89 Å². The third-order valence-corrected chi connectivity index (χ3v) is 5.21. The van der Waals surface area contributed by atoms with Crippen LogP contribution >= 0.6 is 0 Å². The van der Waals surface area contributed by atoms with Crippen molar-refractivity contribution >= 4 is 5.91 Å². The predicted octanol–water partition coefficient (Wildman–Crippen LogP) is 2.76. The largest absolute Gasteiger partial charge is 0.504 e. The summed E-state index contributed by atoms with van der Waals surface area (Å²) < 4.78 is 10.4. The number of amides is 1. The molecule has 1 aliphatic carbocycles. The summed E-state index contributed by atoms with van der Waals surface area (Å²) >= 11 is 0. The Morgan fingerprint density at radius 2 is 2.08 bits per heavy atom. The van der Waals surface area contributed by atoms with Crippen LogP contribution in [-0.2, 0) is 6.42 Å². The minimum Gasteiger partial charge on any atom is -0.504 e. The molecule has 7 heteroatoms. The van der Waals surface area contributed by atoms with Crippen LogP contribution in [-0.4, -0.2) is 46.3 Å². The Balaban J connectivity index is 1.33. The number of benzene rings is 1. The molecule has 1 aromatic carbocycles. The highest BCUT2D eigenvalue weighted by atomic mass is 16.5. The molecule has 7 nitrogen and oxygen atoms in total. The number of carbonyl (C=O) groups is 1. The van der Waals surface area contributed by atoms with Crippen molar-refractivity contribution < 1.29 is 19.2 Å². The Morgan fingerprint density at radius 3 is 2.77 bits per heavy atom. The maximum Gasteiger partial charge on any atom is 0.253 e. The van der Waals surface area contributed by atoms with Crippen LogP contribution in [0.5, 0.6) is 11.5 Å². The summed E-state index contributed by atoms with van der Waals surface area (Å²) in [6.07, 6.45) is 4.97. The van der Waals surface area contributed by atoms with Crippen molar-refractivity contribution in [3.05, 3.63) is 35.5 Å². The zero-order chi connectivity index (χ0) is 18.1. The van der Waals surface area contributed by atoms with E-state index in [2.05, 4.69) is 10.1 Å². The molecule has 4 rings (SSSR count). The molecule has 1 N–H and O–H groups in total. The summed E-state index contributed by atoms with van der Waals surface area (Å²) in [5.74, 6) is 2.85. The van der Waals surface area contributed by atoms with E-state index in [4.69, 9.17) is 9.26 Å². The summed E-state index contributed by atoms with van der Waals surface area (Å²) in [5.41, 5.74) is 0.533. The van der Waals surface area contributed by atoms with Gasteiger partial charge >= 0.3 is 0 Å². The lowest BCUT2D eigenvalue weighted by atomic mass is 9.93. The molecule has 1 aromatic heterocycles. The first-order chi connectivity index (χ1) is 12.6. The van der Waals surface area contributed by atoms with Crippen LogP contribution in [0.15, 0.2) is 22.7 Å². The summed E-state index contributed by atoms with van der Waals surface area (Å²) in [5, 5.41) is 13.8. The average molecular weight is 357 g/mol. The van der Waals surface area contributed by atoms with Crippen LogP contribution in [0.1, 0.15) is 53.7 Å². The van der Waals surface area contributed by atoms with Crippen molar-refractivity contribution in [3.8, 4) is 11.5 Å².